The van der Waals surface area contributed by atoms with Crippen molar-refractivity contribution in [2.24, 2.45) is 0 Å². The quantitative estimate of drug-likeness (QED) is 0.827. The van der Waals surface area contributed by atoms with Gasteiger partial charge in [-0.15, -0.1) is 0 Å². The first-order chi connectivity index (χ1) is 10.1. The van der Waals surface area contributed by atoms with Crippen LogP contribution >= 0.6 is 15.9 Å². The molecule has 112 valence electrons. The Morgan fingerprint density at radius 1 is 1.24 bits per heavy atom. The molecule has 0 bridgehead atoms. The molecule has 1 unspecified atom stereocenters. The first-order valence-corrected chi connectivity index (χ1v) is 7.74. The first kappa shape index (κ1) is 16.0. The van der Waals surface area contributed by atoms with Gasteiger partial charge in [0.25, 0.3) is 0 Å². The highest BCUT2D eigenvalue weighted by molar-refractivity contribution is 9.10. The van der Waals surface area contributed by atoms with E-state index in [-0.39, 0.29) is 11.9 Å². The van der Waals surface area contributed by atoms with Crippen LogP contribution in [0.2, 0.25) is 0 Å². The standard InChI is InChI=1S/C17H19BrFNO/c1-3-20-17(10-12-5-4-6-13(18)9-12)15-8-7-14(21-2)11-16(15)19/h4-9,11,17,20H,3,10H2,1-2H3. The lowest BCUT2D eigenvalue weighted by molar-refractivity contribution is 0.409. The van der Waals surface area contributed by atoms with E-state index in [2.05, 4.69) is 33.4 Å². The Hall–Kier alpha value is -1.39. The summed E-state index contributed by atoms with van der Waals surface area (Å²) >= 11 is 3.47. The lowest BCUT2D eigenvalue weighted by atomic mass is 9.98. The molecular formula is C17H19BrFNO. The van der Waals surface area contributed by atoms with E-state index in [0.29, 0.717) is 11.3 Å². The fourth-order valence-electron chi connectivity index (χ4n) is 2.36. The summed E-state index contributed by atoms with van der Waals surface area (Å²) in [6.45, 7) is 2.81. The zero-order chi connectivity index (χ0) is 15.2. The smallest absolute Gasteiger partial charge is 0.131 e. The Balaban J connectivity index is 2.26. The van der Waals surface area contributed by atoms with E-state index in [1.165, 1.54) is 13.2 Å². The van der Waals surface area contributed by atoms with Gasteiger partial charge in [0, 0.05) is 22.1 Å². The summed E-state index contributed by atoms with van der Waals surface area (Å²) in [5.41, 5.74) is 1.82. The maximum Gasteiger partial charge on any atom is 0.131 e. The molecule has 21 heavy (non-hydrogen) atoms. The van der Waals surface area contributed by atoms with E-state index in [4.69, 9.17) is 4.74 Å². The topological polar surface area (TPSA) is 21.3 Å². The Morgan fingerprint density at radius 2 is 2.05 bits per heavy atom. The monoisotopic (exact) mass is 351 g/mol. The van der Waals surface area contributed by atoms with Crippen LogP contribution in [0.15, 0.2) is 46.9 Å². The molecule has 0 radical (unpaired) electrons. The number of benzene rings is 2. The van der Waals surface area contributed by atoms with Gasteiger partial charge in [-0.1, -0.05) is 41.1 Å². The summed E-state index contributed by atoms with van der Waals surface area (Å²) in [7, 11) is 1.54. The second kappa shape index (κ2) is 7.57. The van der Waals surface area contributed by atoms with Crippen molar-refractivity contribution in [2.45, 2.75) is 19.4 Å². The summed E-state index contributed by atoms with van der Waals surface area (Å²) in [4.78, 5) is 0. The van der Waals surface area contributed by atoms with Crippen LogP contribution in [0.5, 0.6) is 5.75 Å². The molecule has 0 spiro atoms. The van der Waals surface area contributed by atoms with Crippen molar-refractivity contribution >= 4 is 15.9 Å². The molecule has 0 aliphatic heterocycles. The van der Waals surface area contributed by atoms with Gasteiger partial charge in [-0.05, 0) is 36.7 Å². The summed E-state index contributed by atoms with van der Waals surface area (Å²) in [5, 5.41) is 3.35. The third-order valence-electron chi connectivity index (χ3n) is 3.36. The largest absolute Gasteiger partial charge is 0.497 e. The van der Waals surface area contributed by atoms with Gasteiger partial charge in [-0.25, -0.2) is 4.39 Å². The number of methoxy groups -OCH3 is 1. The maximum atomic E-state index is 14.3. The predicted octanol–water partition coefficient (Wildman–Crippen LogP) is 4.49. The molecule has 0 amide bonds. The minimum absolute atomic E-state index is 0.0600. The Kier molecular flexibility index (Phi) is 5.76. The molecule has 2 nitrogen and oxygen atoms in total. The van der Waals surface area contributed by atoms with Gasteiger partial charge < -0.3 is 10.1 Å². The molecule has 1 atom stereocenters. The fourth-order valence-corrected chi connectivity index (χ4v) is 2.80. The van der Waals surface area contributed by atoms with Crippen molar-refractivity contribution in [1.29, 1.82) is 0 Å². The summed E-state index contributed by atoms with van der Waals surface area (Å²) in [5.74, 6) is 0.296. The average molecular weight is 352 g/mol. The maximum absolute atomic E-state index is 14.3. The molecule has 0 aliphatic rings. The molecule has 0 heterocycles. The van der Waals surface area contributed by atoms with E-state index in [1.54, 1.807) is 12.1 Å². The van der Waals surface area contributed by atoms with Gasteiger partial charge in [0.05, 0.1) is 7.11 Å². The number of hydrogen-bond acceptors (Lipinski definition) is 2. The van der Waals surface area contributed by atoms with E-state index in [1.807, 2.05) is 19.1 Å². The minimum atomic E-state index is -0.240. The number of likely N-dealkylation sites (N-methyl/N-ethyl adjacent to an activating group) is 1. The first-order valence-electron chi connectivity index (χ1n) is 6.95. The van der Waals surface area contributed by atoms with E-state index in [9.17, 15) is 4.39 Å². The highest BCUT2D eigenvalue weighted by atomic mass is 79.9. The average Bonchev–Trinajstić information content (AvgIpc) is 2.47. The molecule has 0 fully saturated rings. The van der Waals surface area contributed by atoms with Crippen LogP contribution < -0.4 is 10.1 Å². The summed E-state index contributed by atoms with van der Waals surface area (Å²) in [6, 6.07) is 13.0. The minimum Gasteiger partial charge on any atom is -0.497 e. The SMILES string of the molecule is CCNC(Cc1cccc(Br)c1)c1ccc(OC)cc1F. The van der Waals surface area contributed by atoms with Crippen LogP contribution in [-0.2, 0) is 6.42 Å². The van der Waals surface area contributed by atoms with Crippen LogP contribution in [0.1, 0.15) is 24.1 Å². The molecule has 0 saturated heterocycles. The number of ether oxygens (including phenoxy) is 1. The highest BCUT2D eigenvalue weighted by Crippen LogP contribution is 2.25. The van der Waals surface area contributed by atoms with Crippen LogP contribution in [-0.4, -0.2) is 13.7 Å². The van der Waals surface area contributed by atoms with Crippen molar-refractivity contribution in [3.8, 4) is 5.75 Å². The lowest BCUT2D eigenvalue weighted by Crippen LogP contribution is -2.24. The molecule has 1 N–H and O–H groups in total. The van der Waals surface area contributed by atoms with Gasteiger partial charge in [-0.3, -0.25) is 0 Å². The molecule has 2 aromatic rings. The van der Waals surface area contributed by atoms with Crippen molar-refractivity contribution in [2.75, 3.05) is 13.7 Å². The predicted molar refractivity (Wildman–Crippen MR) is 87.2 cm³/mol. The number of rotatable bonds is 6. The van der Waals surface area contributed by atoms with Crippen molar-refractivity contribution in [3.63, 3.8) is 0 Å². The third kappa shape index (κ3) is 4.29. The molecule has 2 aromatic carbocycles. The van der Waals surface area contributed by atoms with Gasteiger partial charge in [0.2, 0.25) is 0 Å². The zero-order valence-electron chi connectivity index (χ0n) is 12.2. The Morgan fingerprint density at radius 3 is 2.67 bits per heavy atom. The Labute approximate surface area is 133 Å². The molecule has 0 aromatic heterocycles. The van der Waals surface area contributed by atoms with Crippen molar-refractivity contribution in [1.82, 2.24) is 5.32 Å². The molecular weight excluding hydrogens is 333 g/mol. The van der Waals surface area contributed by atoms with E-state index in [0.717, 1.165) is 23.0 Å². The number of hydrogen-bond donors (Lipinski definition) is 1. The fraction of sp³-hybridized carbons (Fsp3) is 0.294. The van der Waals surface area contributed by atoms with E-state index < -0.39 is 0 Å². The summed E-state index contributed by atoms with van der Waals surface area (Å²) < 4.78 is 20.4. The van der Waals surface area contributed by atoms with Crippen molar-refractivity contribution in [3.05, 3.63) is 63.9 Å². The van der Waals surface area contributed by atoms with Crippen LogP contribution in [0.3, 0.4) is 0 Å². The van der Waals surface area contributed by atoms with Gasteiger partial charge >= 0.3 is 0 Å². The van der Waals surface area contributed by atoms with Crippen LogP contribution in [0.25, 0.3) is 0 Å². The van der Waals surface area contributed by atoms with E-state index >= 15 is 0 Å². The van der Waals surface area contributed by atoms with Gasteiger partial charge in [0.1, 0.15) is 11.6 Å². The van der Waals surface area contributed by atoms with Gasteiger partial charge in [-0.2, -0.15) is 0 Å². The summed E-state index contributed by atoms with van der Waals surface area (Å²) in [6.07, 6.45) is 0.733. The van der Waals surface area contributed by atoms with Crippen molar-refractivity contribution < 1.29 is 9.13 Å². The zero-order valence-corrected chi connectivity index (χ0v) is 13.8. The molecule has 0 aliphatic carbocycles. The second-order valence-electron chi connectivity index (χ2n) is 4.83. The second-order valence-corrected chi connectivity index (χ2v) is 5.75. The number of nitrogens with one attached hydrogen (secondary N) is 1. The molecule has 0 saturated carbocycles. The lowest BCUT2D eigenvalue weighted by Gasteiger charge is -2.19. The third-order valence-corrected chi connectivity index (χ3v) is 3.86. The van der Waals surface area contributed by atoms with Crippen LogP contribution in [0, 0.1) is 5.82 Å². The normalized spacial score (nSPS) is 12.2. The van der Waals surface area contributed by atoms with Gasteiger partial charge in [0.15, 0.2) is 0 Å². The Bertz CT molecular complexity index is 603. The number of halogens is 2. The molecule has 4 heteroatoms. The van der Waals surface area contributed by atoms with Crippen LogP contribution in [0.4, 0.5) is 4.39 Å². The molecule has 2 rings (SSSR count). The highest BCUT2D eigenvalue weighted by Gasteiger charge is 2.16.